The van der Waals surface area contributed by atoms with Crippen LogP contribution >= 0.6 is 12.4 Å². The number of nitrogens with one attached hydrogen (secondary N) is 2. The second kappa shape index (κ2) is 9.90. The molecule has 2 aliphatic heterocycles. The highest BCUT2D eigenvalue weighted by Gasteiger charge is 2.36. The van der Waals surface area contributed by atoms with E-state index in [9.17, 15) is 9.59 Å². The molecule has 0 saturated carbocycles. The molecule has 6 nitrogen and oxygen atoms in total. The van der Waals surface area contributed by atoms with E-state index in [0.717, 1.165) is 45.3 Å². The summed E-state index contributed by atoms with van der Waals surface area (Å²) in [4.78, 5) is 27.1. The summed E-state index contributed by atoms with van der Waals surface area (Å²) in [5.74, 6) is 0.126. The molecule has 2 N–H and O–H groups in total. The van der Waals surface area contributed by atoms with Crippen molar-refractivity contribution >= 4 is 24.2 Å². The summed E-state index contributed by atoms with van der Waals surface area (Å²) in [5.41, 5.74) is -0.360. The van der Waals surface area contributed by atoms with Crippen molar-refractivity contribution in [1.29, 1.82) is 0 Å². The van der Waals surface area contributed by atoms with Crippen LogP contribution in [-0.2, 0) is 14.3 Å². The molecule has 0 aromatic carbocycles. The van der Waals surface area contributed by atoms with Crippen LogP contribution < -0.4 is 10.6 Å². The van der Waals surface area contributed by atoms with Crippen molar-refractivity contribution in [1.82, 2.24) is 15.5 Å². The minimum atomic E-state index is -0.393. The molecule has 152 valence electrons. The average Bonchev–Trinajstić information content (AvgIpc) is 2.59. The van der Waals surface area contributed by atoms with Crippen molar-refractivity contribution in [3.63, 3.8) is 0 Å². The lowest BCUT2D eigenvalue weighted by Crippen LogP contribution is -2.51. The molecule has 1 atom stereocenters. The third-order valence-electron chi connectivity index (χ3n) is 5.47. The van der Waals surface area contributed by atoms with Gasteiger partial charge < -0.3 is 20.3 Å². The number of nitrogens with zero attached hydrogens (tertiary/aromatic N) is 1. The SMILES string of the molecule is COCC1(CNC(=O)C2CCCN(C(=O)C(C)(C)C)C2)CCNCC1.Cl. The number of amides is 2. The summed E-state index contributed by atoms with van der Waals surface area (Å²) in [5, 5.41) is 6.53. The Hall–Kier alpha value is -0.850. The van der Waals surface area contributed by atoms with Crippen molar-refractivity contribution in [2.75, 3.05) is 46.4 Å². The van der Waals surface area contributed by atoms with E-state index in [1.165, 1.54) is 0 Å². The normalized spacial score (nSPS) is 23.1. The maximum atomic E-state index is 12.7. The van der Waals surface area contributed by atoms with Gasteiger partial charge >= 0.3 is 0 Å². The van der Waals surface area contributed by atoms with Crippen molar-refractivity contribution in [3.8, 4) is 0 Å². The predicted octanol–water partition coefficient (Wildman–Crippen LogP) is 1.83. The molecule has 0 bridgehead atoms. The van der Waals surface area contributed by atoms with Gasteiger partial charge in [0.2, 0.25) is 11.8 Å². The van der Waals surface area contributed by atoms with Crippen molar-refractivity contribution in [2.45, 2.75) is 46.5 Å². The number of halogens is 1. The van der Waals surface area contributed by atoms with E-state index >= 15 is 0 Å². The smallest absolute Gasteiger partial charge is 0.227 e. The third kappa shape index (κ3) is 6.10. The predicted molar refractivity (Wildman–Crippen MR) is 105 cm³/mol. The highest BCUT2D eigenvalue weighted by molar-refractivity contribution is 5.85. The molecule has 0 spiro atoms. The van der Waals surface area contributed by atoms with Gasteiger partial charge in [0, 0.05) is 37.6 Å². The number of hydrogen-bond donors (Lipinski definition) is 2. The van der Waals surface area contributed by atoms with E-state index in [0.29, 0.717) is 19.7 Å². The second-order valence-corrected chi connectivity index (χ2v) is 8.74. The van der Waals surface area contributed by atoms with Gasteiger partial charge in [0.25, 0.3) is 0 Å². The summed E-state index contributed by atoms with van der Waals surface area (Å²) in [6.45, 7) is 10.4. The van der Waals surface area contributed by atoms with Crippen LogP contribution in [0.3, 0.4) is 0 Å². The number of hydrogen-bond acceptors (Lipinski definition) is 4. The molecule has 2 fully saturated rings. The molecule has 2 aliphatic rings. The van der Waals surface area contributed by atoms with Gasteiger partial charge in [-0.2, -0.15) is 0 Å². The van der Waals surface area contributed by atoms with Crippen LogP contribution in [0.25, 0.3) is 0 Å². The first-order chi connectivity index (χ1) is 11.8. The van der Waals surface area contributed by atoms with Gasteiger partial charge in [-0.3, -0.25) is 9.59 Å². The first kappa shape index (κ1) is 23.2. The quantitative estimate of drug-likeness (QED) is 0.752. The lowest BCUT2D eigenvalue weighted by molar-refractivity contribution is -0.143. The molecule has 26 heavy (non-hydrogen) atoms. The van der Waals surface area contributed by atoms with Crippen LogP contribution in [0, 0.1) is 16.7 Å². The zero-order valence-corrected chi connectivity index (χ0v) is 17.5. The molecule has 2 saturated heterocycles. The Morgan fingerprint density at radius 1 is 1.27 bits per heavy atom. The van der Waals surface area contributed by atoms with Crippen LogP contribution in [0.1, 0.15) is 46.5 Å². The van der Waals surface area contributed by atoms with E-state index in [-0.39, 0.29) is 35.6 Å². The summed E-state index contributed by atoms with van der Waals surface area (Å²) in [6, 6.07) is 0. The van der Waals surface area contributed by atoms with Crippen LogP contribution in [0.15, 0.2) is 0 Å². The third-order valence-corrected chi connectivity index (χ3v) is 5.47. The molecule has 0 aromatic heterocycles. The van der Waals surface area contributed by atoms with Gasteiger partial charge in [-0.25, -0.2) is 0 Å². The summed E-state index contributed by atoms with van der Waals surface area (Å²) < 4.78 is 5.42. The number of carbonyl (C=O) groups excluding carboxylic acids is 2. The van der Waals surface area contributed by atoms with Gasteiger partial charge in [-0.1, -0.05) is 20.8 Å². The van der Waals surface area contributed by atoms with E-state index < -0.39 is 5.41 Å². The molecule has 0 radical (unpaired) electrons. The number of likely N-dealkylation sites (tertiary alicyclic amines) is 1. The van der Waals surface area contributed by atoms with Crippen LogP contribution in [0.2, 0.25) is 0 Å². The number of carbonyl (C=O) groups is 2. The number of rotatable bonds is 5. The Morgan fingerprint density at radius 2 is 1.92 bits per heavy atom. The second-order valence-electron chi connectivity index (χ2n) is 8.74. The van der Waals surface area contributed by atoms with E-state index in [1.54, 1.807) is 7.11 Å². The molecule has 2 heterocycles. The lowest BCUT2D eigenvalue weighted by Gasteiger charge is -2.39. The zero-order chi connectivity index (χ0) is 18.5. The van der Waals surface area contributed by atoms with Crippen molar-refractivity contribution < 1.29 is 14.3 Å². The highest BCUT2D eigenvalue weighted by atomic mass is 35.5. The van der Waals surface area contributed by atoms with E-state index in [1.807, 2.05) is 25.7 Å². The molecule has 7 heteroatoms. The van der Waals surface area contributed by atoms with Crippen molar-refractivity contribution in [2.24, 2.45) is 16.7 Å². The first-order valence-corrected chi connectivity index (χ1v) is 9.54. The highest BCUT2D eigenvalue weighted by Crippen LogP contribution is 2.29. The Labute approximate surface area is 164 Å². The van der Waals surface area contributed by atoms with Gasteiger partial charge in [0.15, 0.2) is 0 Å². The molecule has 2 rings (SSSR count). The lowest BCUT2D eigenvalue weighted by atomic mass is 9.79. The topological polar surface area (TPSA) is 70.7 Å². The minimum Gasteiger partial charge on any atom is -0.384 e. The summed E-state index contributed by atoms with van der Waals surface area (Å²) >= 11 is 0. The standard InChI is InChI=1S/C19H35N3O3.ClH/c1-18(2,3)17(24)22-11-5-6-15(12-22)16(23)21-13-19(14-25-4)7-9-20-10-8-19;/h15,20H,5-14H2,1-4H3,(H,21,23);1H. The van der Waals surface area contributed by atoms with Crippen LogP contribution in [-0.4, -0.2) is 63.2 Å². The maximum absolute atomic E-state index is 12.7. The molecule has 0 aliphatic carbocycles. The van der Waals surface area contributed by atoms with Gasteiger partial charge in [-0.15, -0.1) is 12.4 Å². The Balaban J connectivity index is 0.00000338. The Morgan fingerprint density at radius 3 is 2.50 bits per heavy atom. The fourth-order valence-corrected chi connectivity index (χ4v) is 3.90. The number of ether oxygens (including phenoxy) is 1. The Bertz CT molecular complexity index is 468. The van der Waals surface area contributed by atoms with E-state index in [4.69, 9.17) is 4.74 Å². The molecule has 0 aromatic rings. The van der Waals surface area contributed by atoms with E-state index in [2.05, 4.69) is 10.6 Å². The minimum absolute atomic E-state index is 0. The van der Waals surface area contributed by atoms with Crippen LogP contribution in [0.4, 0.5) is 0 Å². The summed E-state index contributed by atoms with van der Waals surface area (Å²) in [7, 11) is 1.72. The van der Waals surface area contributed by atoms with Gasteiger partial charge in [0.05, 0.1) is 12.5 Å². The largest absolute Gasteiger partial charge is 0.384 e. The number of piperidine rings is 2. The fraction of sp³-hybridized carbons (Fsp3) is 0.895. The van der Waals surface area contributed by atoms with Crippen LogP contribution in [0.5, 0.6) is 0 Å². The number of methoxy groups -OCH3 is 1. The fourth-order valence-electron chi connectivity index (χ4n) is 3.90. The Kier molecular flexibility index (Phi) is 8.83. The van der Waals surface area contributed by atoms with Gasteiger partial charge in [-0.05, 0) is 38.8 Å². The average molecular weight is 390 g/mol. The molecular formula is C19H36ClN3O3. The molecule has 1 unspecified atom stereocenters. The first-order valence-electron chi connectivity index (χ1n) is 9.54. The van der Waals surface area contributed by atoms with Crippen molar-refractivity contribution in [3.05, 3.63) is 0 Å². The molecular weight excluding hydrogens is 354 g/mol. The molecule has 2 amide bonds. The maximum Gasteiger partial charge on any atom is 0.227 e. The monoisotopic (exact) mass is 389 g/mol. The zero-order valence-electron chi connectivity index (χ0n) is 16.7. The summed E-state index contributed by atoms with van der Waals surface area (Å²) in [6.07, 6.45) is 3.78. The van der Waals surface area contributed by atoms with Gasteiger partial charge in [0.1, 0.15) is 0 Å².